The van der Waals surface area contributed by atoms with Crippen LogP contribution in [0.3, 0.4) is 0 Å². The molecule has 0 unspecified atom stereocenters. The Morgan fingerprint density at radius 1 is 1.19 bits per heavy atom. The number of benzene rings is 2. The van der Waals surface area contributed by atoms with Crippen LogP contribution in [0, 0.1) is 24.0 Å². The van der Waals surface area contributed by atoms with Gasteiger partial charge in [-0.3, -0.25) is 19.6 Å². The number of rotatable bonds is 9. The number of nitrogens with zero attached hydrogens (tertiary/aromatic N) is 3. The topological polar surface area (TPSA) is 96.5 Å². The summed E-state index contributed by atoms with van der Waals surface area (Å²) in [5.74, 6) is 0.645. The molecule has 166 valence electrons. The Bertz CT molecular complexity index is 1180. The first-order valence-corrected chi connectivity index (χ1v) is 10.1. The van der Waals surface area contributed by atoms with Crippen molar-refractivity contribution in [1.82, 2.24) is 9.78 Å². The quantitative estimate of drug-likeness (QED) is 0.205. The average Bonchev–Trinajstić information content (AvgIpc) is 3.16. The molecule has 0 atom stereocenters. The van der Waals surface area contributed by atoms with E-state index in [-0.39, 0.29) is 23.8 Å². The van der Waals surface area contributed by atoms with Crippen molar-refractivity contribution in [2.24, 2.45) is 0 Å². The minimum Gasteiger partial charge on any atom is -0.496 e. The predicted molar refractivity (Wildman–Crippen MR) is 121 cm³/mol. The summed E-state index contributed by atoms with van der Waals surface area (Å²) in [7, 11) is 1.54. The Balaban J connectivity index is 1.81. The van der Waals surface area contributed by atoms with Gasteiger partial charge in [-0.15, -0.1) is 0 Å². The molecule has 0 aliphatic heterocycles. The molecule has 0 fully saturated rings. The first kappa shape index (κ1) is 22.7. The summed E-state index contributed by atoms with van der Waals surface area (Å²) >= 11 is 0. The van der Waals surface area contributed by atoms with E-state index in [2.05, 4.69) is 5.10 Å². The van der Waals surface area contributed by atoms with Crippen LogP contribution in [0.25, 0.3) is 6.08 Å². The highest BCUT2D eigenvalue weighted by atomic mass is 16.6. The van der Waals surface area contributed by atoms with Crippen LogP contribution in [-0.2, 0) is 13.2 Å². The third kappa shape index (κ3) is 5.03. The molecule has 3 rings (SSSR count). The number of methoxy groups -OCH3 is 1. The van der Waals surface area contributed by atoms with Crippen LogP contribution in [0.4, 0.5) is 5.69 Å². The highest BCUT2D eigenvalue weighted by Crippen LogP contribution is 2.30. The Morgan fingerprint density at radius 2 is 1.97 bits per heavy atom. The van der Waals surface area contributed by atoms with E-state index in [1.165, 1.54) is 12.1 Å². The fourth-order valence-electron chi connectivity index (χ4n) is 3.33. The maximum Gasteiger partial charge on any atom is 0.310 e. The van der Waals surface area contributed by atoms with Crippen LogP contribution in [0.2, 0.25) is 0 Å². The van der Waals surface area contributed by atoms with Crippen molar-refractivity contribution in [3.63, 3.8) is 0 Å². The third-order valence-electron chi connectivity index (χ3n) is 5.09. The molecule has 1 aromatic heterocycles. The van der Waals surface area contributed by atoms with Gasteiger partial charge in [0.2, 0.25) is 0 Å². The fraction of sp³-hybridized carbons (Fsp3) is 0.250. The van der Waals surface area contributed by atoms with Gasteiger partial charge >= 0.3 is 5.69 Å². The van der Waals surface area contributed by atoms with Gasteiger partial charge in [-0.2, -0.15) is 5.10 Å². The van der Waals surface area contributed by atoms with Gasteiger partial charge in [0.1, 0.15) is 12.4 Å². The Hall–Kier alpha value is -3.94. The largest absolute Gasteiger partial charge is 0.496 e. The van der Waals surface area contributed by atoms with E-state index in [1.807, 2.05) is 32.9 Å². The monoisotopic (exact) mass is 435 g/mol. The van der Waals surface area contributed by atoms with Gasteiger partial charge in [0.25, 0.3) is 0 Å². The fourth-order valence-corrected chi connectivity index (χ4v) is 3.33. The van der Waals surface area contributed by atoms with Crippen LogP contribution in [0.15, 0.2) is 48.7 Å². The zero-order valence-corrected chi connectivity index (χ0v) is 18.5. The van der Waals surface area contributed by atoms with Crippen LogP contribution in [0.5, 0.6) is 11.5 Å². The molecule has 0 saturated carbocycles. The molecule has 0 bridgehead atoms. The van der Waals surface area contributed by atoms with E-state index >= 15 is 0 Å². The number of carbonyl (C=O) groups is 1. The Morgan fingerprint density at radius 3 is 2.62 bits per heavy atom. The average molecular weight is 435 g/mol. The van der Waals surface area contributed by atoms with E-state index in [4.69, 9.17) is 9.47 Å². The minimum absolute atomic E-state index is 0.0749. The lowest BCUT2D eigenvalue weighted by atomic mass is 10.1. The first-order chi connectivity index (χ1) is 15.3. The van der Waals surface area contributed by atoms with Gasteiger partial charge < -0.3 is 9.47 Å². The minimum atomic E-state index is -0.473. The molecule has 8 heteroatoms. The van der Waals surface area contributed by atoms with Crippen LogP contribution < -0.4 is 9.47 Å². The number of ether oxygens (including phenoxy) is 2. The number of ketones is 1. The van der Waals surface area contributed by atoms with E-state index in [0.717, 1.165) is 16.8 Å². The van der Waals surface area contributed by atoms with Gasteiger partial charge in [0.05, 0.1) is 23.8 Å². The first-order valence-electron chi connectivity index (χ1n) is 10.1. The summed E-state index contributed by atoms with van der Waals surface area (Å²) < 4.78 is 12.9. The lowest BCUT2D eigenvalue weighted by molar-refractivity contribution is -0.386. The van der Waals surface area contributed by atoms with Crippen molar-refractivity contribution in [3.05, 3.63) is 86.7 Å². The zero-order valence-electron chi connectivity index (χ0n) is 18.5. The van der Waals surface area contributed by atoms with Crippen LogP contribution in [0.1, 0.15) is 39.7 Å². The lowest BCUT2D eigenvalue weighted by Crippen LogP contribution is -2.02. The number of aromatic nitrogens is 2. The molecule has 1 heterocycles. The zero-order chi connectivity index (χ0) is 23.3. The normalized spacial score (nSPS) is 11.0. The summed E-state index contributed by atoms with van der Waals surface area (Å²) in [5, 5.41) is 15.5. The van der Waals surface area contributed by atoms with Gasteiger partial charge in [-0.25, -0.2) is 0 Å². The van der Waals surface area contributed by atoms with E-state index in [1.54, 1.807) is 42.3 Å². The SMILES string of the molecule is CCn1ncc(C(=O)/C=C/c2ccc(OC)c(COc3cc(C)ccc3[N+](=O)[O-])c2)c1C. The molecular weight excluding hydrogens is 410 g/mol. The van der Waals surface area contributed by atoms with Gasteiger partial charge in [0, 0.05) is 23.9 Å². The highest BCUT2D eigenvalue weighted by Gasteiger charge is 2.16. The second-order valence-electron chi connectivity index (χ2n) is 7.25. The van der Waals surface area contributed by atoms with Gasteiger partial charge in [0.15, 0.2) is 11.5 Å². The summed E-state index contributed by atoms with van der Waals surface area (Å²) in [5.41, 5.74) is 3.62. The number of carbonyl (C=O) groups excluding carboxylic acids is 1. The molecule has 0 saturated heterocycles. The summed E-state index contributed by atoms with van der Waals surface area (Å²) in [6, 6.07) is 10.1. The number of hydrogen-bond acceptors (Lipinski definition) is 6. The molecule has 3 aromatic rings. The standard InChI is InChI=1S/C24H25N3O5/c1-5-26-17(3)20(14-25-26)22(28)10-7-18-8-11-23(31-4)19(13-18)15-32-24-12-16(2)6-9-21(24)27(29)30/h6-14H,5,15H2,1-4H3/b10-7+. The van der Waals surface area contributed by atoms with Crippen molar-refractivity contribution in [3.8, 4) is 11.5 Å². The van der Waals surface area contributed by atoms with Crippen LogP contribution in [-0.4, -0.2) is 27.6 Å². The van der Waals surface area contributed by atoms with Crippen molar-refractivity contribution in [2.45, 2.75) is 33.9 Å². The summed E-state index contributed by atoms with van der Waals surface area (Å²) in [4.78, 5) is 23.4. The molecule has 0 aliphatic carbocycles. The van der Waals surface area contributed by atoms with E-state index < -0.39 is 4.92 Å². The van der Waals surface area contributed by atoms with E-state index in [9.17, 15) is 14.9 Å². The van der Waals surface area contributed by atoms with E-state index in [0.29, 0.717) is 23.4 Å². The van der Waals surface area contributed by atoms with Gasteiger partial charge in [-0.05, 0) is 56.2 Å². The molecule has 0 N–H and O–H groups in total. The van der Waals surface area contributed by atoms with Crippen molar-refractivity contribution in [1.29, 1.82) is 0 Å². The van der Waals surface area contributed by atoms with Crippen molar-refractivity contribution in [2.75, 3.05) is 7.11 Å². The highest BCUT2D eigenvalue weighted by molar-refractivity contribution is 6.07. The Kier molecular flexibility index (Phi) is 7.04. The summed E-state index contributed by atoms with van der Waals surface area (Å²) in [6.07, 6.45) is 4.79. The molecular formula is C24H25N3O5. The number of nitro groups is 1. The number of nitro benzene ring substituents is 1. The molecule has 0 spiro atoms. The predicted octanol–water partition coefficient (Wildman–Crippen LogP) is 4.91. The van der Waals surface area contributed by atoms with Crippen LogP contribution >= 0.6 is 0 Å². The maximum atomic E-state index is 12.6. The molecule has 0 radical (unpaired) electrons. The van der Waals surface area contributed by atoms with Crippen molar-refractivity contribution < 1.29 is 19.2 Å². The molecule has 8 nitrogen and oxygen atoms in total. The second-order valence-corrected chi connectivity index (χ2v) is 7.25. The smallest absolute Gasteiger partial charge is 0.310 e. The number of allylic oxidation sites excluding steroid dienone is 1. The number of aryl methyl sites for hydroxylation is 2. The maximum absolute atomic E-state index is 12.6. The number of hydrogen-bond donors (Lipinski definition) is 0. The molecule has 0 amide bonds. The molecule has 32 heavy (non-hydrogen) atoms. The summed E-state index contributed by atoms with van der Waals surface area (Å²) in [6.45, 7) is 6.45. The molecule has 2 aromatic carbocycles. The van der Waals surface area contributed by atoms with Crippen molar-refractivity contribution >= 4 is 17.5 Å². The second kappa shape index (κ2) is 9.91. The lowest BCUT2D eigenvalue weighted by Gasteiger charge is -2.12. The Labute approximate surface area is 186 Å². The van der Waals surface area contributed by atoms with Gasteiger partial charge in [-0.1, -0.05) is 18.2 Å². The third-order valence-corrected chi connectivity index (χ3v) is 5.09. The molecule has 0 aliphatic rings.